The highest BCUT2D eigenvalue weighted by atomic mass is 32.1. The molecule has 130 valence electrons. The largest absolute Gasteiger partial charge is 0.344 e. The van der Waals surface area contributed by atoms with Gasteiger partial charge in [-0.2, -0.15) is 4.98 Å². The molecule has 1 aromatic carbocycles. The number of thiazole rings is 1. The minimum atomic E-state index is -0.199. The Balaban J connectivity index is 1.51. The summed E-state index contributed by atoms with van der Waals surface area (Å²) in [6, 6.07) is 7.42. The average molecular weight is 358 g/mol. The van der Waals surface area contributed by atoms with Gasteiger partial charge in [-0.15, -0.1) is 0 Å². The zero-order chi connectivity index (χ0) is 17.4. The van der Waals surface area contributed by atoms with E-state index in [1.54, 1.807) is 9.80 Å². The second-order valence-corrected chi connectivity index (χ2v) is 7.13. The second kappa shape index (κ2) is 6.32. The zero-order valence-corrected chi connectivity index (χ0v) is 14.8. The molecule has 3 aromatic rings. The molecule has 4 rings (SSSR count). The molecular formula is C16H18N6O2S. The number of nitrogens with one attached hydrogen (secondary N) is 1. The zero-order valence-electron chi connectivity index (χ0n) is 14.0. The quantitative estimate of drug-likeness (QED) is 0.774. The van der Waals surface area contributed by atoms with Crippen LogP contribution in [0.25, 0.3) is 10.2 Å². The molecule has 0 aliphatic carbocycles. The van der Waals surface area contributed by atoms with Gasteiger partial charge in [-0.1, -0.05) is 23.5 Å². The number of hydrogen-bond acceptors (Lipinski definition) is 7. The Bertz CT molecular complexity index is 872. The van der Waals surface area contributed by atoms with E-state index in [4.69, 9.17) is 4.52 Å². The van der Waals surface area contributed by atoms with E-state index >= 15 is 0 Å². The van der Waals surface area contributed by atoms with Crippen LogP contribution in [-0.2, 0) is 0 Å². The summed E-state index contributed by atoms with van der Waals surface area (Å²) < 4.78 is 6.40. The summed E-state index contributed by atoms with van der Waals surface area (Å²) >= 11 is 1.46. The first kappa shape index (κ1) is 15.8. The number of carbonyl (C=O) groups is 1. The summed E-state index contributed by atoms with van der Waals surface area (Å²) in [6.07, 6.45) is 1.71. The van der Waals surface area contributed by atoms with Gasteiger partial charge < -0.3 is 14.3 Å². The first-order valence-corrected chi connectivity index (χ1v) is 8.87. The Morgan fingerprint density at radius 1 is 1.36 bits per heavy atom. The third kappa shape index (κ3) is 3.02. The summed E-state index contributed by atoms with van der Waals surface area (Å²) in [6.45, 7) is 0.654. The van der Waals surface area contributed by atoms with Crippen molar-refractivity contribution in [1.82, 2.24) is 20.0 Å². The molecule has 0 spiro atoms. The van der Waals surface area contributed by atoms with Gasteiger partial charge in [0.15, 0.2) is 5.13 Å². The Morgan fingerprint density at radius 2 is 2.20 bits per heavy atom. The Labute approximate surface area is 148 Å². The van der Waals surface area contributed by atoms with Crippen LogP contribution in [0, 0.1) is 0 Å². The maximum Gasteiger partial charge on any atom is 0.324 e. The summed E-state index contributed by atoms with van der Waals surface area (Å²) in [5.41, 5.74) is 0.883. The Hall–Kier alpha value is -2.68. The summed E-state index contributed by atoms with van der Waals surface area (Å²) in [5, 5.41) is 7.43. The molecule has 3 heterocycles. The fourth-order valence-electron chi connectivity index (χ4n) is 2.90. The lowest BCUT2D eigenvalue weighted by Crippen LogP contribution is -2.34. The minimum Gasteiger partial charge on any atom is -0.344 e. The number of fused-ring (bicyclic) bond motifs is 1. The van der Waals surface area contributed by atoms with Gasteiger partial charge in [0.2, 0.25) is 0 Å². The van der Waals surface area contributed by atoms with Crippen LogP contribution in [-0.4, -0.2) is 46.7 Å². The van der Waals surface area contributed by atoms with Gasteiger partial charge in [-0.25, -0.2) is 9.78 Å². The van der Waals surface area contributed by atoms with Crippen molar-refractivity contribution in [2.45, 2.75) is 18.9 Å². The SMILES string of the molecule is CN(C)c1noc(C2CCCN2C(=O)Nc2nc3ccccc3s2)n1. The maximum atomic E-state index is 12.7. The third-order valence-electron chi connectivity index (χ3n) is 4.14. The number of aromatic nitrogens is 3. The number of hydrogen-bond donors (Lipinski definition) is 1. The van der Waals surface area contributed by atoms with Gasteiger partial charge in [0.25, 0.3) is 11.8 Å². The lowest BCUT2D eigenvalue weighted by Gasteiger charge is -2.21. The van der Waals surface area contributed by atoms with Crippen molar-refractivity contribution in [2.24, 2.45) is 0 Å². The molecule has 2 aromatic heterocycles. The third-order valence-corrected chi connectivity index (χ3v) is 5.09. The van der Waals surface area contributed by atoms with E-state index in [2.05, 4.69) is 20.4 Å². The van der Waals surface area contributed by atoms with E-state index < -0.39 is 0 Å². The summed E-state index contributed by atoms with van der Waals surface area (Å²) in [4.78, 5) is 25.0. The number of rotatable bonds is 3. The van der Waals surface area contributed by atoms with Crippen LogP contribution in [0.4, 0.5) is 15.9 Å². The van der Waals surface area contributed by atoms with Crippen molar-refractivity contribution in [3.05, 3.63) is 30.2 Å². The molecule has 1 aliphatic heterocycles. The molecule has 1 unspecified atom stereocenters. The van der Waals surface area contributed by atoms with E-state index in [9.17, 15) is 4.79 Å². The highest BCUT2D eigenvalue weighted by molar-refractivity contribution is 7.22. The molecule has 1 atom stereocenters. The molecule has 1 saturated heterocycles. The number of carbonyl (C=O) groups excluding carboxylic acids is 1. The highest BCUT2D eigenvalue weighted by Crippen LogP contribution is 2.33. The standard InChI is InChI=1S/C16H18N6O2S/c1-21(2)14-18-13(24-20-14)11-7-5-9-22(11)16(23)19-15-17-10-6-3-4-8-12(10)25-15/h3-4,6,8,11H,5,7,9H2,1-2H3,(H,17,19,23). The maximum absolute atomic E-state index is 12.7. The van der Waals surface area contributed by atoms with Crippen molar-refractivity contribution >= 4 is 38.7 Å². The molecule has 0 saturated carbocycles. The van der Waals surface area contributed by atoms with Gasteiger partial charge in [-0.05, 0) is 30.1 Å². The molecule has 25 heavy (non-hydrogen) atoms. The predicted molar refractivity (Wildman–Crippen MR) is 95.9 cm³/mol. The fourth-order valence-corrected chi connectivity index (χ4v) is 3.75. The monoisotopic (exact) mass is 358 g/mol. The van der Waals surface area contributed by atoms with Crippen LogP contribution in [0.2, 0.25) is 0 Å². The normalized spacial score (nSPS) is 17.2. The molecule has 8 nitrogen and oxygen atoms in total. The van der Waals surface area contributed by atoms with Crippen LogP contribution in [0.1, 0.15) is 24.8 Å². The lowest BCUT2D eigenvalue weighted by atomic mass is 10.2. The van der Waals surface area contributed by atoms with E-state index in [1.165, 1.54) is 11.3 Å². The molecule has 0 bridgehead atoms. The number of para-hydroxylation sites is 1. The van der Waals surface area contributed by atoms with Crippen molar-refractivity contribution in [2.75, 3.05) is 30.9 Å². The number of urea groups is 1. The number of amides is 2. The predicted octanol–water partition coefficient (Wildman–Crippen LogP) is 3.11. The van der Waals surface area contributed by atoms with E-state index in [0.717, 1.165) is 23.1 Å². The fraction of sp³-hybridized carbons (Fsp3) is 0.375. The first-order chi connectivity index (χ1) is 12.1. The number of likely N-dealkylation sites (tertiary alicyclic amines) is 1. The van der Waals surface area contributed by atoms with Gasteiger partial charge in [0.1, 0.15) is 6.04 Å². The molecule has 9 heteroatoms. The van der Waals surface area contributed by atoms with Gasteiger partial charge in [0.05, 0.1) is 10.2 Å². The van der Waals surface area contributed by atoms with E-state index in [-0.39, 0.29) is 12.1 Å². The molecule has 1 fully saturated rings. The Kier molecular flexibility index (Phi) is 4.00. The molecule has 1 N–H and O–H groups in total. The molecule has 2 amide bonds. The lowest BCUT2D eigenvalue weighted by molar-refractivity contribution is 0.193. The van der Waals surface area contributed by atoms with Crippen molar-refractivity contribution in [3.8, 4) is 0 Å². The second-order valence-electron chi connectivity index (χ2n) is 6.10. The van der Waals surface area contributed by atoms with E-state index in [1.807, 2.05) is 38.4 Å². The van der Waals surface area contributed by atoms with Crippen LogP contribution >= 0.6 is 11.3 Å². The number of nitrogens with zero attached hydrogens (tertiary/aromatic N) is 5. The molecular weight excluding hydrogens is 340 g/mol. The average Bonchev–Trinajstić information content (AvgIpc) is 3.32. The van der Waals surface area contributed by atoms with Crippen molar-refractivity contribution < 1.29 is 9.32 Å². The molecule has 1 aliphatic rings. The minimum absolute atomic E-state index is 0.189. The number of anilines is 2. The van der Waals surface area contributed by atoms with Gasteiger partial charge in [-0.3, -0.25) is 5.32 Å². The summed E-state index contributed by atoms with van der Waals surface area (Å²) in [5.74, 6) is 0.981. The van der Waals surface area contributed by atoms with E-state index in [0.29, 0.717) is 23.5 Å². The smallest absolute Gasteiger partial charge is 0.324 e. The summed E-state index contributed by atoms with van der Waals surface area (Å²) in [7, 11) is 3.70. The van der Waals surface area contributed by atoms with Crippen molar-refractivity contribution in [3.63, 3.8) is 0 Å². The van der Waals surface area contributed by atoms with Crippen LogP contribution < -0.4 is 10.2 Å². The first-order valence-electron chi connectivity index (χ1n) is 8.06. The topological polar surface area (TPSA) is 87.4 Å². The number of benzene rings is 1. The van der Waals surface area contributed by atoms with Crippen LogP contribution in [0.15, 0.2) is 28.8 Å². The van der Waals surface area contributed by atoms with Crippen LogP contribution in [0.5, 0.6) is 0 Å². The molecule has 0 radical (unpaired) electrons. The highest BCUT2D eigenvalue weighted by Gasteiger charge is 2.34. The van der Waals surface area contributed by atoms with Gasteiger partial charge >= 0.3 is 6.03 Å². The van der Waals surface area contributed by atoms with Gasteiger partial charge in [0, 0.05) is 20.6 Å². The van der Waals surface area contributed by atoms with Crippen LogP contribution in [0.3, 0.4) is 0 Å². The Morgan fingerprint density at radius 3 is 2.96 bits per heavy atom. The van der Waals surface area contributed by atoms with Crippen molar-refractivity contribution in [1.29, 1.82) is 0 Å².